The van der Waals surface area contributed by atoms with E-state index in [4.69, 9.17) is 9.68 Å². The third-order valence-corrected chi connectivity index (χ3v) is 3.74. The zero-order valence-electron chi connectivity index (χ0n) is 13.2. The maximum Gasteiger partial charge on any atom is 0.443 e. The van der Waals surface area contributed by atoms with Gasteiger partial charge in [0.25, 0.3) is 0 Å². The van der Waals surface area contributed by atoms with Gasteiger partial charge in [0.1, 0.15) is 6.26 Å². The van der Waals surface area contributed by atoms with Gasteiger partial charge in [0, 0.05) is 12.0 Å². The van der Waals surface area contributed by atoms with Crippen LogP contribution in [0, 0.1) is 0 Å². The van der Waals surface area contributed by atoms with Crippen LogP contribution in [0.25, 0.3) is 5.57 Å². The van der Waals surface area contributed by atoms with Crippen LogP contribution < -0.4 is 0 Å². The molecular formula is C16H16N2O6. The van der Waals surface area contributed by atoms with Crippen LogP contribution in [0.1, 0.15) is 17.5 Å². The molecule has 0 saturated carbocycles. The fourth-order valence-corrected chi connectivity index (χ4v) is 2.41. The molecule has 1 unspecified atom stereocenters. The van der Waals surface area contributed by atoms with Crippen LogP contribution in [0.3, 0.4) is 0 Å². The first-order valence-electron chi connectivity index (χ1n) is 7.25. The third-order valence-electron chi connectivity index (χ3n) is 3.74. The van der Waals surface area contributed by atoms with Crippen LogP contribution in [0.5, 0.6) is 0 Å². The average molecular weight is 332 g/mol. The largest absolute Gasteiger partial charge is 0.466 e. The lowest BCUT2D eigenvalue weighted by atomic mass is 10.0. The van der Waals surface area contributed by atoms with Gasteiger partial charge in [-0.3, -0.25) is 0 Å². The molecule has 126 valence electrons. The molecule has 1 atom stereocenters. The minimum Gasteiger partial charge on any atom is -0.466 e. The summed E-state index contributed by atoms with van der Waals surface area (Å²) in [5.74, 6) is -0.443. The Morgan fingerprint density at radius 3 is 2.54 bits per heavy atom. The molecule has 2 heterocycles. The molecule has 2 aliphatic rings. The minimum absolute atomic E-state index is 0.306. The van der Waals surface area contributed by atoms with Gasteiger partial charge in [0.2, 0.25) is 6.10 Å². The molecule has 3 rings (SSSR count). The molecule has 8 heteroatoms. The highest BCUT2D eigenvalue weighted by atomic mass is 16.7. The summed E-state index contributed by atoms with van der Waals surface area (Å²) in [7, 11) is 2.61. The number of hydrogen-bond acceptors (Lipinski definition) is 7. The van der Waals surface area contributed by atoms with E-state index >= 15 is 0 Å². The van der Waals surface area contributed by atoms with Gasteiger partial charge >= 0.3 is 12.1 Å². The van der Waals surface area contributed by atoms with Crippen molar-refractivity contribution in [1.82, 2.24) is 5.06 Å². The normalized spacial score (nSPS) is 19.1. The molecule has 0 radical (unpaired) electrons. The Morgan fingerprint density at radius 1 is 1.17 bits per heavy atom. The van der Waals surface area contributed by atoms with Crippen LogP contribution in [0.15, 0.2) is 35.7 Å². The van der Waals surface area contributed by atoms with Crippen molar-refractivity contribution in [2.45, 2.75) is 12.5 Å². The van der Waals surface area contributed by atoms with Crippen molar-refractivity contribution in [3.63, 3.8) is 0 Å². The first-order valence-corrected chi connectivity index (χ1v) is 7.25. The van der Waals surface area contributed by atoms with E-state index in [1.807, 2.05) is 24.3 Å². The molecule has 0 aromatic heterocycles. The van der Waals surface area contributed by atoms with Crippen molar-refractivity contribution >= 4 is 23.3 Å². The number of methoxy groups -OCH3 is 2. The van der Waals surface area contributed by atoms with Crippen molar-refractivity contribution in [3.8, 4) is 0 Å². The van der Waals surface area contributed by atoms with Crippen molar-refractivity contribution in [2.75, 3.05) is 20.8 Å². The van der Waals surface area contributed by atoms with Gasteiger partial charge in [-0.25, -0.2) is 9.59 Å². The van der Waals surface area contributed by atoms with E-state index in [1.54, 1.807) is 0 Å². The Bertz CT molecular complexity index is 649. The van der Waals surface area contributed by atoms with E-state index in [-0.39, 0.29) is 0 Å². The fourth-order valence-electron chi connectivity index (χ4n) is 2.41. The lowest BCUT2D eigenvalue weighted by Gasteiger charge is -2.12. The van der Waals surface area contributed by atoms with Gasteiger partial charge in [-0.2, -0.15) is 0 Å². The Labute approximate surface area is 138 Å². The molecule has 0 aliphatic carbocycles. The Morgan fingerprint density at radius 2 is 1.88 bits per heavy atom. The number of carbonyl (C=O) groups is 2. The highest BCUT2D eigenvalue weighted by Gasteiger charge is 2.29. The number of rotatable bonds is 3. The smallest absolute Gasteiger partial charge is 0.443 e. The summed E-state index contributed by atoms with van der Waals surface area (Å²) in [5.41, 5.74) is 3.30. The first kappa shape index (κ1) is 15.9. The average Bonchev–Trinajstić information content (AvgIpc) is 3.30. The maximum absolute atomic E-state index is 11.4. The number of hydrogen-bond donors (Lipinski definition) is 0. The molecule has 0 bridgehead atoms. The molecule has 0 fully saturated rings. The molecule has 1 aromatic carbocycles. The van der Waals surface area contributed by atoms with Crippen molar-refractivity contribution in [1.29, 1.82) is 0 Å². The van der Waals surface area contributed by atoms with Crippen LogP contribution in [0.2, 0.25) is 0 Å². The minimum atomic E-state index is -0.691. The lowest BCUT2D eigenvalue weighted by molar-refractivity contribution is -0.152. The van der Waals surface area contributed by atoms with Crippen molar-refractivity contribution in [2.24, 2.45) is 5.16 Å². The molecule has 8 nitrogen and oxygen atoms in total. The monoisotopic (exact) mass is 332 g/mol. The second kappa shape index (κ2) is 6.61. The summed E-state index contributed by atoms with van der Waals surface area (Å²) in [6.45, 7) is 0.306. The van der Waals surface area contributed by atoms with E-state index in [9.17, 15) is 9.59 Å². The summed E-state index contributed by atoms with van der Waals surface area (Å²) in [6.07, 6.45) is 0.636. The number of amides is 1. The number of hydroxylamine groups is 2. The quantitative estimate of drug-likeness (QED) is 0.783. The molecule has 0 spiro atoms. The molecule has 24 heavy (non-hydrogen) atoms. The summed E-state index contributed by atoms with van der Waals surface area (Å²) >= 11 is 0. The van der Waals surface area contributed by atoms with Crippen LogP contribution in [-0.2, 0) is 23.9 Å². The van der Waals surface area contributed by atoms with Crippen LogP contribution in [-0.4, -0.2) is 49.7 Å². The van der Waals surface area contributed by atoms with Gasteiger partial charge in [0.15, 0.2) is 0 Å². The molecule has 1 aromatic rings. The van der Waals surface area contributed by atoms with E-state index in [0.29, 0.717) is 18.7 Å². The molecule has 0 saturated heterocycles. The van der Waals surface area contributed by atoms with Crippen molar-refractivity contribution < 1.29 is 28.7 Å². The summed E-state index contributed by atoms with van der Waals surface area (Å²) in [4.78, 5) is 33.1. The third kappa shape index (κ3) is 3.03. The van der Waals surface area contributed by atoms with E-state index in [0.717, 1.165) is 21.8 Å². The Kier molecular flexibility index (Phi) is 4.37. The van der Waals surface area contributed by atoms with Crippen LogP contribution in [0.4, 0.5) is 4.79 Å². The first-order chi connectivity index (χ1) is 11.6. The number of oxime groups is 1. The highest BCUT2D eigenvalue weighted by Crippen LogP contribution is 2.24. The molecule has 1 amide bonds. The SMILES string of the molecule is COC(=O)C1CC(c2ccc(C3=CON(C(=O)OC)C3)cc2)=NO1. The summed E-state index contributed by atoms with van der Waals surface area (Å²) in [6, 6.07) is 7.52. The second-order valence-electron chi connectivity index (χ2n) is 5.19. The van der Waals surface area contributed by atoms with Gasteiger partial charge in [0.05, 0.1) is 26.5 Å². The van der Waals surface area contributed by atoms with Crippen LogP contribution >= 0.6 is 0 Å². The zero-order valence-corrected chi connectivity index (χ0v) is 13.2. The predicted octanol–water partition coefficient (Wildman–Crippen LogP) is 1.71. The highest BCUT2D eigenvalue weighted by molar-refractivity contribution is 6.03. The summed E-state index contributed by atoms with van der Waals surface area (Å²) < 4.78 is 9.25. The second-order valence-corrected chi connectivity index (χ2v) is 5.19. The Balaban J connectivity index is 1.65. The topological polar surface area (TPSA) is 86.7 Å². The number of esters is 1. The van der Waals surface area contributed by atoms with E-state index < -0.39 is 18.2 Å². The van der Waals surface area contributed by atoms with Gasteiger partial charge in [-0.1, -0.05) is 29.4 Å². The van der Waals surface area contributed by atoms with Gasteiger partial charge < -0.3 is 19.1 Å². The van der Waals surface area contributed by atoms with Crippen molar-refractivity contribution in [3.05, 3.63) is 41.7 Å². The maximum atomic E-state index is 11.4. The number of ether oxygens (including phenoxy) is 2. The van der Waals surface area contributed by atoms with E-state index in [2.05, 4.69) is 14.6 Å². The van der Waals surface area contributed by atoms with Gasteiger partial charge in [-0.15, -0.1) is 5.06 Å². The zero-order chi connectivity index (χ0) is 17.1. The number of benzene rings is 1. The fraction of sp³-hybridized carbons (Fsp3) is 0.312. The molecule has 2 aliphatic heterocycles. The van der Waals surface area contributed by atoms with E-state index in [1.165, 1.54) is 20.5 Å². The number of nitrogens with zero attached hydrogens (tertiary/aromatic N) is 2. The summed E-state index contributed by atoms with van der Waals surface area (Å²) in [5, 5.41) is 5.06. The lowest BCUT2D eigenvalue weighted by Crippen LogP contribution is -2.27. The molecule has 0 N–H and O–H groups in total. The predicted molar refractivity (Wildman–Crippen MR) is 82.7 cm³/mol. The van der Waals surface area contributed by atoms with Gasteiger partial charge in [-0.05, 0) is 11.1 Å². The molecular weight excluding hydrogens is 316 g/mol. The Hall–Kier alpha value is -3.03. The standard InChI is InChI=1S/C16H16N2O6/c1-21-15(19)14-7-13(17-24-14)11-5-3-10(4-6-11)12-8-18(23-9-12)16(20)22-2/h3-6,9,14H,7-8H2,1-2H3. The number of carbonyl (C=O) groups excluding carboxylic acids is 2.